The number of aliphatic carboxylic acids is 1. The van der Waals surface area contributed by atoms with Crippen molar-refractivity contribution in [1.82, 2.24) is 18.7 Å². The van der Waals surface area contributed by atoms with Crippen molar-refractivity contribution in [2.45, 2.75) is 25.9 Å². The van der Waals surface area contributed by atoms with Crippen LogP contribution >= 0.6 is 0 Å². The Morgan fingerprint density at radius 3 is 2.57 bits per heavy atom. The Morgan fingerprint density at radius 2 is 1.86 bits per heavy atom. The molecule has 0 saturated heterocycles. The van der Waals surface area contributed by atoms with Gasteiger partial charge in [-0.1, -0.05) is 24.3 Å². The molecular weight excluding hydrogens is 449 g/mol. The fourth-order valence-electron chi connectivity index (χ4n) is 4.83. The van der Waals surface area contributed by atoms with Gasteiger partial charge in [-0.05, 0) is 53.9 Å². The van der Waals surface area contributed by atoms with E-state index in [-0.39, 0.29) is 24.4 Å². The highest BCUT2D eigenvalue weighted by molar-refractivity contribution is 5.87. The largest absolute Gasteiger partial charge is 0.481 e. The Morgan fingerprint density at radius 1 is 1.11 bits per heavy atom. The van der Waals surface area contributed by atoms with Crippen LogP contribution in [0.15, 0.2) is 65.6 Å². The number of anilines is 1. The number of hydrogen-bond donors (Lipinski definition) is 2. The summed E-state index contributed by atoms with van der Waals surface area (Å²) in [6.07, 6.45) is 1.61. The van der Waals surface area contributed by atoms with Crippen molar-refractivity contribution in [2.24, 2.45) is 7.05 Å². The first-order chi connectivity index (χ1) is 16.7. The van der Waals surface area contributed by atoms with Crippen LogP contribution in [0.2, 0.25) is 0 Å². The second-order valence-electron chi connectivity index (χ2n) is 8.72. The van der Waals surface area contributed by atoms with Gasteiger partial charge in [-0.25, -0.2) is 14.2 Å². The highest BCUT2D eigenvalue weighted by Crippen LogP contribution is 2.28. The molecule has 1 atom stereocenters. The number of rotatable bonds is 6. The molecule has 0 aliphatic carbocycles. The fraction of sp³-hybridized carbons (Fsp3) is 0.192. The number of carbonyl (C=O) groups is 1. The van der Waals surface area contributed by atoms with Crippen LogP contribution in [0.25, 0.3) is 22.1 Å². The van der Waals surface area contributed by atoms with Gasteiger partial charge in [0.05, 0.1) is 24.5 Å². The smallest absolute Gasteiger partial charge is 0.331 e. The molecule has 35 heavy (non-hydrogen) atoms. The Balaban J connectivity index is 1.74. The first-order valence-corrected chi connectivity index (χ1v) is 11.1. The van der Waals surface area contributed by atoms with Crippen molar-refractivity contribution >= 4 is 33.9 Å². The van der Waals surface area contributed by atoms with Gasteiger partial charge in [0, 0.05) is 24.1 Å². The van der Waals surface area contributed by atoms with E-state index < -0.39 is 23.5 Å². The zero-order valence-corrected chi connectivity index (χ0v) is 19.3. The molecule has 8 nitrogen and oxygen atoms in total. The fourth-order valence-corrected chi connectivity index (χ4v) is 4.83. The first-order valence-electron chi connectivity index (χ1n) is 11.1. The molecular formula is C26H24FN5O3. The quantitative estimate of drug-likeness (QED) is 0.390. The summed E-state index contributed by atoms with van der Waals surface area (Å²) < 4.78 is 18.5. The Bertz CT molecular complexity index is 1650. The summed E-state index contributed by atoms with van der Waals surface area (Å²) in [5.41, 5.74) is 9.93. The topological polar surface area (TPSA) is 108 Å². The van der Waals surface area contributed by atoms with Gasteiger partial charge in [-0.3, -0.25) is 13.9 Å². The highest BCUT2D eigenvalue weighted by Gasteiger charge is 2.26. The van der Waals surface area contributed by atoms with E-state index in [1.165, 1.54) is 28.8 Å². The molecule has 0 aliphatic rings. The molecule has 0 bridgehead atoms. The summed E-state index contributed by atoms with van der Waals surface area (Å²) in [4.78, 5) is 30.0. The van der Waals surface area contributed by atoms with Gasteiger partial charge in [-0.15, -0.1) is 0 Å². The number of nitrogens with two attached hydrogens (primary N) is 1. The molecule has 3 heterocycles. The number of aromatic nitrogens is 4. The number of imidazole rings is 1. The number of nitrogens with zero attached hydrogens (tertiary/aromatic N) is 4. The van der Waals surface area contributed by atoms with E-state index in [1.807, 2.05) is 42.9 Å². The molecule has 2 aromatic carbocycles. The van der Waals surface area contributed by atoms with Crippen LogP contribution in [0.5, 0.6) is 0 Å². The van der Waals surface area contributed by atoms with Crippen LogP contribution in [-0.2, 0) is 18.4 Å². The molecule has 0 amide bonds. The molecule has 0 aliphatic heterocycles. The van der Waals surface area contributed by atoms with E-state index >= 15 is 0 Å². The van der Waals surface area contributed by atoms with Gasteiger partial charge in [0.1, 0.15) is 11.6 Å². The number of carboxylic acid groups (broad SMARTS) is 1. The molecule has 9 heteroatoms. The minimum atomic E-state index is -1.10. The molecule has 0 fully saturated rings. The Hall–Kier alpha value is -4.40. The van der Waals surface area contributed by atoms with Crippen molar-refractivity contribution in [3.8, 4) is 0 Å². The number of hydrogen-bond acceptors (Lipinski definition) is 4. The van der Waals surface area contributed by atoms with Crippen LogP contribution in [0.3, 0.4) is 0 Å². The van der Waals surface area contributed by atoms with Crippen molar-refractivity contribution in [3.63, 3.8) is 0 Å². The standard InChI is InChI=1S/C26H24FN5O3/c1-15-4-3-5-19-24(15)17(13-30(19)2)14-31-20-10-11-22(28)29-25(20)32(26(31)35)21(12-23(33)34)16-6-8-18(27)9-7-16/h3-11,13,21H,12,14H2,1-2H3,(H2,28,29)(H,33,34)/t21-/m1/s1. The number of halogens is 1. The lowest BCUT2D eigenvalue weighted by atomic mass is 10.0. The third-order valence-electron chi connectivity index (χ3n) is 6.40. The maximum Gasteiger partial charge on any atom is 0.331 e. The Labute approximate surface area is 199 Å². The minimum absolute atomic E-state index is 0.206. The van der Waals surface area contributed by atoms with E-state index in [4.69, 9.17) is 5.73 Å². The van der Waals surface area contributed by atoms with Gasteiger partial charge in [0.15, 0.2) is 5.65 Å². The third kappa shape index (κ3) is 3.84. The minimum Gasteiger partial charge on any atom is -0.481 e. The van der Waals surface area contributed by atoms with Crippen molar-refractivity contribution in [3.05, 3.63) is 93.8 Å². The van der Waals surface area contributed by atoms with Gasteiger partial charge < -0.3 is 15.4 Å². The van der Waals surface area contributed by atoms with Gasteiger partial charge in [0.2, 0.25) is 0 Å². The van der Waals surface area contributed by atoms with Crippen LogP contribution in [-0.4, -0.2) is 29.8 Å². The molecule has 3 aromatic heterocycles. The van der Waals surface area contributed by atoms with E-state index in [0.717, 1.165) is 22.0 Å². The summed E-state index contributed by atoms with van der Waals surface area (Å²) in [5.74, 6) is -1.34. The maximum atomic E-state index is 13.9. The van der Waals surface area contributed by atoms with Crippen LogP contribution in [0.1, 0.15) is 29.2 Å². The predicted molar refractivity (Wildman–Crippen MR) is 132 cm³/mol. The molecule has 5 aromatic rings. The number of pyridine rings is 1. The van der Waals surface area contributed by atoms with E-state index in [0.29, 0.717) is 11.1 Å². The van der Waals surface area contributed by atoms with Gasteiger partial charge in [-0.2, -0.15) is 0 Å². The van der Waals surface area contributed by atoms with E-state index in [1.54, 1.807) is 16.7 Å². The van der Waals surface area contributed by atoms with E-state index in [2.05, 4.69) is 4.98 Å². The number of nitrogen functional groups attached to an aromatic ring is 1. The molecule has 0 saturated carbocycles. The first kappa shape index (κ1) is 22.4. The normalized spacial score (nSPS) is 12.4. The highest BCUT2D eigenvalue weighted by atomic mass is 19.1. The summed E-state index contributed by atoms with van der Waals surface area (Å²) in [5, 5.41) is 10.7. The number of aryl methyl sites for hydroxylation is 2. The van der Waals surface area contributed by atoms with Crippen LogP contribution < -0.4 is 11.4 Å². The molecule has 3 N–H and O–H groups in total. The third-order valence-corrected chi connectivity index (χ3v) is 6.40. The molecule has 178 valence electrons. The Kier molecular flexibility index (Phi) is 5.39. The second kappa shape index (κ2) is 8.43. The number of benzene rings is 2. The summed E-state index contributed by atoms with van der Waals surface area (Å²) in [6, 6.07) is 13.9. The number of fused-ring (bicyclic) bond motifs is 2. The average molecular weight is 474 g/mol. The SMILES string of the molecule is Cc1cccc2c1c(Cn1c(=O)n([C@H](CC(=O)O)c3ccc(F)cc3)c3nc(N)ccc31)cn2C. The second-order valence-corrected chi connectivity index (χ2v) is 8.72. The van der Waals surface area contributed by atoms with Gasteiger partial charge >= 0.3 is 11.7 Å². The number of carboxylic acids is 1. The molecule has 0 spiro atoms. The molecule has 5 rings (SSSR count). The van der Waals surface area contributed by atoms with Crippen molar-refractivity contribution < 1.29 is 14.3 Å². The predicted octanol–water partition coefficient (Wildman–Crippen LogP) is 3.83. The summed E-state index contributed by atoms with van der Waals surface area (Å²) >= 11 is 0. The lowest BCUT2D eigenvalue weighted by Gasteiger charge is -2.17. The lowest BCUT2D eigenvalue weighted by Crippen LogP contribution is -2.30. The van der Waals surface area contributed by atoms with E-state index in [9.17, 15) is 19.1 Å². The van der Waals surface area contributed by atoms with Crippen LogP contribution in [0, 0.1) is 12.7 Å². The molecule has 0 radical (unpaired) electrons. The lowest BCUT2D eigenvalue weighted by molar-refractivity contribution is -0.137. The zero-order valence-electron chi connectivity index (χ0n) is 19.3. The summed E-state index contributed by atoms with van der Waals surface area (Å²) in [6.45, 7) is 2.29. The maximum absolute atomic E-state index is 13.9. The zero-order chi connectivity index (χ0) is 24.9. The van der Waals surface area contributed by atoms with Gasteiger partial charge in [0.25, 0.3) is 0 Å². The van der Waals surface area contributed by atoms with Crippen molar-refractivity contribution in [1.29, 1.82) is 0 Å². The summed E-state index contributed by atoms with van der Waals surface area (Å²) in [7, 11) is 1.96. The monoisotopic (exact) mass is 473 g/mol. The van der Waals surface area contributed by atoms with Crippen LogP contribution in [0.4, 0.5) is 10.2 Å². The van der Waals surface area contributed by atoms with Crippen molar-refractivity contribution in [2.75, 3.05) is 5.73 Å². The average Bonchev–Trinajstić information content (AvgIpc) is 3.27. The molecule has 0 unspecified atom stereocenters.